The number of hydrogen-bond donors (Lipinski definition) is 4. The average molecular weight is 895 g/mol. The van der Waals surface area contributed by atoms with E-state index in [1.165, 1.54) is 61.0 Å². The SMILES string of the molecule is CC(C(=O)N(C)c1ccc2cc(-c3n[nH]c4c3CCC(C)(C)C4)[nH]c2c1)N1CCC[C@@H](C)C1.CC(C(=O)N(C)c1ccc2cc(-c3n[nH]c4c3CCC(C)(C)C4)[nH]c2c1)N1CCC[C@H](C)C1. The van der Waals surface area contributed by atoms with Crippen LogP contribution in [0.15, 0.2) is 48.5 Å². The number of carbonyl (C=O) groups is 2. The molecule has 2 saturated heterocycles. The predicted molar refractivity (Wildman–Crippen MR) is 269 cm³/mol. The van der Waals surface area contributed by atoms with Crippen molar-refractivity contribution < 1.29 is 9.59 Å². The quantitative estimate of drug-likeness (QED) is 0.120. The molecule has 6 aromatic rings. The monoisotopic (exact) mass is 895 g/mol. The van der Waals surface area contributed by atoms with E-state index in [4.69, 9.17) is 0 Å². The second kappa shape index (κ2) is 18.1. The maximum absolute atomic E-state index is 13.3. The lowest BCUT2D eigenvalue weighted by molar-refractivity contribution is -0.124. The standard InChI is InChI=1S/2C27H37N5O/c2*1-17-7-6-12-32(16-17)18(2)26(33)31(5)20-9-8-19-13-23(28-22(19)14-20)25-21-10-11-27(3,4)15-24(21)29-30-25/h2*8-9,13-14,17-18,28H,6-7,10-12,15-16H2,1-5H3,(H,29,30)/t2*17-,18?/m10/s1. The number of rotatable bonds is 8. The zero-order valence-electron chi connectivity index (χ0n) is 41.3. The van der Waals surface area contributed by atoms with Gasteiger partial charge in [-0.2, -0.15) is 10.2 Å². The lowest BCUT2D eigenvalue weighted by atomic mass is 9.76. The van der Waals surface area contributed by atoms with Crippen LogP contribution in [0, 0.1) is 22.7 Å². The third kappa shape index (κ3) is 9.37. The Hall–Kier alpha value is -5.20. The molecule has 0 bridgehead atoms. The van der Waals surface area contributed by atoms with Gasteiger partial charge >= 0.3 is 0 Å². The molecule has 12 heteroatoms. The molecule has 6 heterocycles. The van der Waals surface area contributed by atoms with Gasteiger partial charge in [-0.25, -0.2) is 0 Å². The average Bonchev–Trinajstić information content (AvgIpc) is 4.10. The molecule has 2 aliphatic heterocycles. The molecule has 2 fully saturated rings. The Bertz CT molecular complexity index is 2530. The van der Waals surface area contributed by atoms with Gasteiger partial charge in [-0.15, -0.1) is 0 Å². The highest BCUT2D eigenvalue weighted by Crippen LogP contribution is 2.40. The molecule has 66 heavy (non-hydrogen) atoms. The zero-order valence-corrected chi connectivity index (χ0v) is 41.3. The molecule has 0 radical (unpaired) electrons. The first-order chi connectivity index (χ1) is 31.4. The number of aromatic nitrogens is 6. The first-order valence-electron chi connectivity index (χ1n) is 24.9. The third-order valence-electron chi connectivity index (χ3n) is 15.7. The topological polar surface area (TPSA) is 136 Å². The van der Waals surface area contributed by atoms with Crippen LogP contribution in [0.1, 0.15) is 116 Å². The van der Waals surface area contributed by atoms with Crippen LogP contribution < -0.4 is 9.80 Å². The Morgan fingerprint density at radius 3 is 1.45 bits per heavy atom. The van der Waals surface area contributed by atoms with Crippen molar-refractivity contribution in [3.63, 3.8) is 0 Å². The minimum absolute atomic E-state index is 0.104. The summed E-state index contributed by atoms with van der Waals surface area (Å²) in [7, 11) is 3.78. The number of fused-ring (bicyclic) bond motifs is 4. The van der Waals surface area contributed by atoms with Crippen molar-refractivity contribution in [3.05, 3.63) is 71.0 Å². The summed E-state index contributed by atoms with van der Waals surface area (Å²) in [5.74, 6) is 1.62. The third-order valence-corrected chi connectivity index (χ3v) is 15.7. The molecule has 2 unspecified atom stereocenters. The molecule has 4 aliphatic rings. The highest BCUT2D eigenvalue weighted by Gasteiger charge is 2.33. The summed E-state index contributed by atoms with van der Waals surface area (Å²) < 4.78 is 0. The van der Waals surface area contributed by atoms with Gasteiger partial charge in [0.25, 0.3) is 0 Å². The number of anilines is 2. The van der Waals surface area contributed by atoms with Gasteiger partial charge in [0.1, 0.15) is 11.4 Å². The minimum atomic E-state index is -0.104. The lowest BCUT2D eigenvalue weighted by Crippen LogP contribution is -2.49. The van der Waals surface area contributed by atoms with Crippen LogP contribution in [0.4, 0.5) is 11.4 Å². The smallest absolute Gasteiger partial charge is 0.243 e. The van der Waals surface area contributed by atoms with E-state index in [2.05, 4.69) is 118 Å². The number of aromatic amines is 4. The second-order valence-corrected chi connectivity index (χ2v) is 22.3. The number of amides is 2. The van der Waals surface area contributed by atoms with Crippen molar-refractivity contribution in [1.29, 1.82) is 0 Å². The van der Waals surface area contributed by atoms with E-state index in [1.807, 2.05) is 49.9 Å². The Morgan fingerprint density at radius 2 is 1.06 bits per heavy atom. The van der Waals surface area contributed by atoms with Crippen LogP contribution in [-0.4, -0.2) is 104 Å². The van der Waals surface area contributed by atoms with Gasteiger partial charge in [0.2, 0.25) is 11.8 Å². The number of benzene rings is 2. The van der Waals surface area contributed by atoms with Crippen LogP contribution in [0.3, 0.4) is 0 Å². The number of nitrogens with one attached hydrogen (secondary N) is 4. The van der Waals surface area contributed by atoms with Crippen LogP contribution in [0.2, 0.25) is 0 Å². The molecule has 2 aromatic carbocycles. The predicted octanol–water partition coefficient (Wildman–Crippen LogP) is 10.3. The van der Waals surface area contributed by atoms with Crippen molar-refractivity contribution in [1.82, 2.24) is 40.2 Å². The van der Waals surface area contributed by atoms with E-state index in [1.54, 1.807) is 0 Å². The highest BCUT2D eigenvalue weighted by molar-refractivity contribution is 6.00. The first kappa shape index (κ1) is 45.9. The number of hydrogen-bond acceptors (Lipinski definition) is 6. The van der Waals surface area contributed by atoms with Crippen LogP contribution >= 0.6 is 0 Å². The number of carbonyl (C=O) groups excluding carboxylic acids is 2. The molecule has 10 rings (SSSR count). The molecule has 4 aromatic heterocycles. The molecular weight excluding hydrogens is 821 g/mol. The van der Waals surface area contributed by atoms with Crippen LogP contribution in [-0.2, 0) is 35.3 Å². The number of likely N-dealkylation sites (tertiary alicyclic amines) is 2. The maximum atomic E-state index is 13.3. The van der Waals surface area contributed by atoms with Gasteiger partial charge in [0.05, 0.1) is 23.5 Å². The van der Waals surface area contributed by atoms with E-state index in [9.17, 15) is 9.59 Å². The van der Waals surface area contributed by atoms with Crippen LogP contribution in [0.25, 0.3) is 44.6 Å². The first-order valence-corrected chi connectivity index (χ1v) is 24.9. The summed E-state index contributed by atoms with van der Waals surface area (Å²) >= 11 is 0. The van der Waals surface area contributed by atoms with Crippen molar-refractivity contribution >= 4 is 45.0 Å². The van der Waals surface area contributed by atoms with E-state index in [0.29, 0.717) is 22.7 Å². The summed E-state index contributed by atoms with van der Waals surface area (Å²) in [5.41, 5.74) is 14.0. The van der Waals surface area contributed by atoms with Gasteiger partial charge in [-0.05, 0) is 150 Å². The number of H-pyrrole nitrogens is 4. The molecule has 2 amide bonds. The molecule has 4 N–H and O–H groups in total. The van der Waals surface area contributed by atoms with Gasteiger partial charge in [0.15, 0.2) is 0 Å². The normalized spacial score (nSPS) is 21.7. The van der Waals surface area contributed by atoms with Gasteiger partial charge in [-0.3, -0.25) is 29.6 Å². The number of piperidine rings is 2. The van der Waals surface area contributed by atoms with Gasteiger partial charge < -0.3 is 19.8 Å². The van der Waals surface area contributed by atoms with Crippen molar-refractivity contribution in [2.24, 2.45) is 22.7 Å². The van der Waals surface area contributed by atoms with Crippen molar-refractivity contribution in [3.8, 4) is 22.8 Å². The second-order valence-electron chi connectivity index (χ2n) is 22.3. The number of nitrogens with zero attached hydrogens (tertiary/aromatic N) is 6. The summed E-state index contributed by atoms with van der Waals surface area (Å²) in [5, 5.41) is 18.2. The molecule has 352 valence electrons. The molecule has 0 saturated carbocycles. The van der Waals surface area contributed by atoms with E-state index in [0.717, 1.165) is 108 Å². The fraction of sp³-hybridized carbons (Fsp3) is 0.556. The van der Waals surface area contributed by atoms with Gasteiger partial charge in [0, 0.05) is 82.9 Å². The Balaban J connectivity index is 0.000000166. The Morgan fingerprint density at radius 1 is 0.652 bits per heavy atom. The lowest BCUT2D eigenvalue weighted by Gasteiger charge is -2.36. The maximum Gasteiger partial charge on any atom is 0.243 e. The fourth-order valence-electron chi connectivity index (χ4n) is 11.3. The molecule has 4 atom stereocenters. The summed E-state index contributed by atoms with van der Waals surface area (Å²) in [6, 6.07) is 16.6. The molecule has 2 aliphatic carbocycles. The van der Waals surface area contributed by atoms with E-state index >= 15 is 0 Å². The fourth-order valence-corrected chi connectivity index (χ4v) is 11.3. The highest BCUT2D eigenvalue weighted by atomic mass is 16.2. The number of likely N-dealkylation sites (N-methyl/N-ethyl adjacent to an activating group) is 2. The van der Waals surface area contributed by atoms with E-state index in [-0.39, 0.29) is 23.9 Å². The van der Waals surface area contributed by atoms with E-state index < -0.39 is 0 Å². The van der Waals surface area contributed by atoms with Gasteiger partial charge in [-0.1, -0.05) is 53.7 Å². The van der Waals surface area contributed by atoms with Crippen LogP contribution in [0.5, 0.6) is 0 Å². The Labute approximate surface area is 391 Å². The minimum Gasteiger partial charge on any atom is -0.353 e. The molecular formula is C54H74N10O2. The molecule has 12 nitrogen and oxygen atoms in total. The molecule has 0 spiro atoms. The Kier molecular flexibility index (Phi) is 12.6. The summed E-state index contributed by atoms with van der Waals surface area (Å²) in [4.78, 5) is 41.9. The van der Waals surface area contributed by atoms with Crippen molar-refractivity contribution in [2.75, 3.05) is 50.1 Å². The largest absolute Gasteiger partial charge is 0.353 e. The summed E-state index contributed by atoms with van der Waals surface area (Å²) in [6.07, 6.45) is 11.4. The summed E-state index contributed by atoms with van der Waals surface area (Å²) in [6.45, 7) is 22.0. The van der Waals surface area contributed by atoms with Crippen molar-refractivity contribution in [2.45, 2.75) is 132 Å². The zero-order chi connectivity index (χ0) is 46.7.